The minimum atomic E-state index is -0.511. The number of rotatable bonds is 5. The van der Waals surface area contributed by atoms with E-state index >= 15 is 0 Å². The lowest BCUT2D eigenvalue weighted by Gasteiger charge is -2.18. The smallest absolute Gasteiger partial charge is 0.340 e. The first-order valence-corrected chi connectivity index (χ1v) is 8.78. The van der Waals surface area contributed by atoms with Gasteiger partial charge in [-0.05, 0) is 24.5 Å². The molecule has 2 aromatic rings. The molecule has 1 aromatic heterocycles. The third-order valence-corrected chi connectivity index (χ3v) is 4.17. The number of methoxy groups -OCH3 is 1. The Morgan fingerprint density at radius 1 is 1.26 bits per heavy atom. The molecule has 2 rings (SSSR count). The molecular formula is C22H25N3O2. The minimum Gasteiger partial charge on any atom is -0.465 e. The Hall–Kier alpha value is -3.13. The van der Waals surface area contributed by atoms with Gasteiger partial charge >= 0.3 is 5.97 Å². The summed E-state index contributed by atoms with van der Waals surface area (Å²) < 4.78 is 5.03. The Labute approximate surface area is 160 Å². The summed E-state index contributed by atoms with van der Waals surface area (Å²) in [5, 5.41) is 9.88. The highest BCUT2D eigenvalue weighted by atomic mass is 16.5. The molecule has 0 unspecified atom stereocenters. The van der Waals surface area contributed by atoms with Crippen molar-refractivity contribution in [2.75, 3.05) is 21.2 Å². The molecule has 0 spiro atoms. The molecule has 0 radical (unpaired) electrons. The second-order valence-electron chi connectivity index (χ2n) is 6.91. The van der Waals surface area contributed by atoms with E-state index in [1.165, 1.54) is 7.11 Å². The van der Waals surface area contributed by atoms with Crippen molar-refractivity contribution in [2.24, 2.45) is 0 Å². The lowest BCUT2D eigenvalue weighted by atomic mass is 9.89. The molecule has 0 bridgehead atoms. The van der Waals surface area contributed by atoms with Gasteiger partial charge in [-0.25, -0.2) is 4.79 Å². The largest absolute Gasteiger partial charge is 0.465 e. The van der Waals surface area contributed by atoms with Crippen molar-refractivity contribution < 1.29 is 9.53 Å². The molecule has 0 aliphatic rings. The van der Waals surface area contributed by atoms with Crippen molar-refractivity contribution >= 4 is 12.0 Å². The maximum absolute atomic E-state index is 12.7. The second kappa shape index (κ2) is 8.50. The Morgan fingerprint density at radius 2 is 1.89 bits per heavy atom. The summed E-state index contributed by atoms with van der Waals surface area (Å²) in [7, 11) is 5.12. The first kappa shape index (κ1) is 20.2. The van der Waals surface area contributed by atoms with E-state index < -0.39 is 5.97 Å². The average molecular weight is 363 g/mol. The summed E-state index contributed by atoms with van der Waals surface area (Å²) in [5.74, 6) is -0.481. The Kier molecular flexibility index (Phi) is 6.36. The predicted octanol–water partition coefficient (Wildman–Crippen LogP) is 4.37. The van der Waals surface area contributed by atoms with Gasteiger partial charge < -0.3 is 9.64 Å². The van der Waals surface area contributed by atoms with Crippen LogP contribution in [0.2, 0.25) is 0 Å². The van der Waals surface area contributed by atoms with Gasteiger partial charge in [0.25, 0.3) is 0 Å². The van der Waals surface area contributed by atoms with Crippen LogP contribution in [0.15, 0.2) is 30.5 Å². The number of ether oxygens (including phenoxy) is 1. The van der Waals surface area contributed by atoms with Gasteiger partial charge in [-0.1, -0.05) is 43.7 Å². The van der Waals surface area contributed by atoms with Crippen LogP contribution < -0.4 is 0 Å². The van der Waals surface area contributed by atoms with Crippen molar-refractivity contribution in [2.45, 2.75) is 26.7 Å². The normalized spacial score (nSPS) is 10.9. The number of hydrogen-bond donors (Lipinski definition) is 0. The van der Waals surface area contributed by atoms with E-state index in [1.807, 2.05) is 70.2 Å². The molecule has 0 aliphatic heterocycles. The van der Waals surface area contributed by atoms with Gasteiger partial charge in [0, 0.05) is 25.9 Å². The molecule has 0 atom stereocenters. The van der Waals surface area contributed by atoms with Gasteiger partial charge in [-0.2, -0.15) is 5.26 Å². The van der Waals surface area contributed by atoms with Gasteiger partial charge in [0.15, 0.2) is 0 Å². The summed E-state index contributed by atoms with van der Waals surface area (Å²) in [6.45, 7) is 5.96. The van der Waals surface area contributed by atoms with Crippen LogP contribution in [0.5, 0.6) is 0 Å². The zero-order chi connectivity index (χ0) is 20.1. The van der Waals surface area contributed by atoms with E-state index in [0.717, 1.165) is 11.1 Å². The Balaban J connectivity index is 2.97. The lowest BCUT2D eigenvalue weighted by Crippen LogP contribution is -2.13. The number of hydrogen-bond acceptors (Lipinski definition) is 5. The maximum atomic E-state index is 12.7. The third kappa shape index (κ3) is 4.35. The van der Waals surface area contributed by atoms with Gasteiger partial charge in [-0.15, -0.1) is 0 Å². The molecule has 5 heteroatoms. The van der Waals surface area contributed by atoms with Gasteiger partial charge in [0.05, 0.1) is 29.6 Å². The topological polar surface area (TPSA) is 66.2 Å². The van der Waals surface area contributed by atoms with Crippen molar-refractivity contribution in [3.8, 4) is 17.2 Å². The van der Waals surface area contributed by atoms with Crippen LogP contribution in [0.4, 0.5) is 0 Å². The molecular weight excluding hydrogens is 338 g/mol. The van der Waals surface area contributed by atoms with Crippen LogP contribution in [0.25, 0.3) is 17.2 Å². The van der Waals surface area contributed by atoms with Crippen molar-refractivity contribution in [3.63, 3.8) is 0 Å². The number of benzene rings is 1. The van der Waals surface area contributed by atoms with Gasteiger partial charge in [0.1, 0.15) is 6.07 Å². The predicted molar refractivity (Wildman–Crippen MR) is 107 cm³/mol. The third-order valence-electron chi connectivity index (χ3n) is 4.17. The molecule has 0 saturated carbocycles. The van der Waals surface area contributed by atoms with E-state index in [2.05, 4.69) is 11.1 Å². The number of pyridine rings is 1. The number of carbonyl (C=O) groups is 1. The standard InChI is InChI=1S/C22H25N3O2/c1-14(2)21-17(13-23)19(16-9-7-15(3)8-10-16)20(22(26)27-6)18(24-21)11-12-25(4)5/h7-12,14H,1-6H3. The maximum Gasteiger partial charge on any atom is 0.340 e. The van der Waals surface area contributed by atoms with Crippen LogP contribution in [0, 0.1) is 18.3 Å². The number of aryl methyl sites for hydroxylation is 1. The van der Waals surface area contributed by atoms with Crippen molar-refractivity contribution in [3.05, 3.63) is 58.5 Å². The first-order valence-electron chi connectivity index (χ1n) is 8.78. The molecule has 0 fully saturated rings. The van der Waals surface area contributed by atoms with E-state index in [1.54, 1.807) is 6.08 Å². The molecule has 27 heavy (non-hydrogen) atoms. The van der Waals surface area contributed by atoms with Crippen molar-refractivity contribution in [1.29, 1.82) is 5.26 Å². The lowest BCUT2D eigenvalue weighted by molar-refractivity contribution is 0.0601. The van der Waals surface area contributed by atoms with E-state index in [0.29, 0.717) is 28.1 Å². The molecule has 140 valence electrons. The van der Waals surface area contributed by atoms with Crippen LogP contribution in [-0.4, -0.2) is 37.1 Å². The van der Waals surface area contributed by atoms with Crippen molar-refractivity contribution in [1.82, 2.24) is 9.88 Å². The molecule has 0 aliphatic carbocycles. The fourth-order valence-electron chi connectivity index (χ4n) is 2.81. The number of esters is 1. The highest BCUT2D eigenvalue weighted by Gasteiger charge is 2.26. The monoisotopic (exact) mass is 363 g/mol. The highest BCUT2D eigenvalue weighted by molar-refractivity contribution is 6.02. The van der Waals surface area contributed by atoms with Crippen LogP contribution >= 0.6 is 0 Å². The fourth-order valence-corrected chi connectivity index (χ4v) is 2.81. The molecule has 0 N–H and O–H groups in total. The van der Waals surface area contributed by atoms with E-state index in [-0.39, 0.29) is 5.92 Å². The zero-order valence-electron chi connectivity index (χ0n) is 16.7. The highest BCUT2D eigenvalue weighted by Crippen LogP contribution is 2.34. The molecule has 0 saturated heterocycles. The number of aromatic nitrogens is 1. The molecule has 1 aromatic carbocycles. The average Bonchev–Trinajstić information content (AvgIpc) is 2.64. The molecule has 5 nitrogen and oxygen atoms in total. The molecule has 1 heterocycles. The second-order valence-corrected chi connectivity index (χ2v) is 6.91. The van der Waals surface area contributed by atoms with E-state index in [4.69, 9.17) is 4.74 Å². The fraction of sp³-hybridized carbons (Fsp3) is 0.318. The summed E-state index contributed by atoms with van der Waals surface area (Å²) in [6.07, 6.45) is 3.60. The summed E-state index contributed by atoms with van der Waals surface area (Å²) in [4.78, 5) is 19.2. The zero-order valence-corrected chi connectivity index (χ0v) is 16.7. The SMILES string of the molecule is COC(=O)c1c(C=CN(C)C)nc(C(C)C)c(C#N)c1-c1ccc(C)cc1. The Bertz CT molecular complexity index is 905. The van der Waals surface area contributed by atoms with E-state index in [9.17, 15) is 10.1 Å². The summed E-state index contributed by atoms with van der Waals surface area (Å²) >= 11 is 0. The first-order chi connectivity index (χ1) is 12.8. The summed E-state index contributed by atoms with van der Waals surface area (Å²) in [5.41, 5.74) is 4.34. The Morgan fingerprint density at radius 3 is 2.37 bits per heavy atom. The number of carbonyl (C=O) groups excluding carboxylic acids is 1. The molecule has 0 amide bonds. The minimum absolute atomic E-state index is 0.0297. The van der Waals surface area contributed by atoms with Crippen LogP contribution in [0.3, 0.4) is 0 Å². The van der Waals surface area contributed by atoms with Crippen LogP contribution in [-0.2, 0) is 4.74 Å². The number of nitrogens with zero attached hydrogens (tertiary/aromatic N) is 3. The van der Waals surface area contributed by atoms with Gasteiger partial charge in [-0.3, -0.25) is 4.98 Å². The number of nitriles is 1. The quantitative estimate of drug-likeness (QED) is 0.738. The van der Waals surface area contributed by atoms with Gasteiger partial charge in [0.2, 0.25) is 0 Å². The van der Waals surface area contributed by atoms with Crippen LogP contribution in [0.1, 0.15) is 52.6 Å². The summed E-state index contributed by atoms with van der Waals surface area (Å²) in [6, 6.07) is 10.0.